The molecule has 0 amide bonds. The van der Waals surface area contributed by atoms with E-state index >= 15 is 0 Å². The van der Waals surface area contributed by atoms with Crippen molar-refractivity contribution in [3.63, 3.8) is 0 Å². The number of carbonyl (C=O) groups is 1. The quantitative estimate of drug-likeness (QED) is 0.858. The molecule has 0 heterocycles. The van der Waals surface area contributed by atoms with Crippen molar-refractivity contribution in [1.82, 2.24) is 0 Å². The summed E-state index contributed by atoms with van der Waals surface area (Å²) in [6.07, 6.45) is 0. The fraction of sp³-hybridized carbons (Fsp3) is 0.235. The van der Waals surface area contributed by atoms with Crippen LogP contribution in [-0.2, 0) is 6.54 Å². The molecule has 0 fully saturated rings. The Bertz CT molecular complexity index is 588. The Hall–Kier alpha value is -2.29. The molecular formula is C17H19NO2. The third kappa shape index (κ3) is 3.60. The van der Waals surface area contributed by atoms with Crippen LogP contribution in [0.1, 0.15) is 41.3 Å². The standard InChI is InChI=1S/C17H19NO2/c1-12(2)14-8-6-13(7-9-14)11-18-16-5-3-4-15(10-16)17(19)20/h3-10,12,18H,11H2,1-2H3,(H,19,20). The summed E-state index contributed by atoms with van der Waals surface area (Å²) in [6.45, 7) is 5.02. The maximum Gasteiger partial charge on any atom is 0.335 e. The molecule has 0 aromatic heterocycles. The molecule has 2 N–H and O–H groups in total. The van der Waals surface area contributed by atoms with Crippen molar-refractivity contribution < 1.29 is 9.90 Å². The molecule has 20 heavy (non-hydrogen) atoms. The Morgan fingerprint density at radius 2 is 1.85 bits per heavy atom. The van der Waals surface area contributed by atoms with Crippen LogP contribution < -0.4 is 5.32 Å². The van der Waals surface area contributed by atoms with Gasteiger partial charge in [-0.3, -0.25) is 0 Å². The van der Waals surface area contributed by atoms with Crippen molar-refractivity contribution in [3.05, 3.63) is 65.2 Å². The molecular weight excluding hydrogens is 250 g/mol. The third-order valence-electron chi connectivity index (χ3n) is 3.25. The molecule has 2 rings (SSSR count). The Morgan fingerprint density at radius 1 is 1.15 bits per heavy atom. The summed E-state index contributed by atoms with van der Waals surface area (Å²) in [6, 6.07) is 15.3. The van der Waals surface area contributed by atoms with Crippen LogP contribution in [0.2, 0.25) is 0 Å². The number of carboxylic acid groups (broad SMARTS) is 1. The summed E-state index contributed by atoms with van der Waals surface area (Å²) in [5.74, 6) is -0.376. The van der Waals surface area contributed by atoms with Crippen molar-refractivity contribution in [1.29, 1.82) is 0 Å². The molecule has 0 aliphatic carbocycles. The van der Waals surface area contributed by atoms with Crippen molar-refractivity contribution in [2.24, 2.45) is 0 Å². The molecule has 0 radical (unpaired) electrons. The molecule has 0 saturated heterocycles. The van der Waals surface area contributed by atoms with Crippen molar-refractivity contribution in [2.45, 2.75) is 26.3 Å². The maximum atomic E-state index is 10.9. The molecule has 0 aliphatic rings. The second-order valence-electron chi connectivity index (χ2n) is 5.14. The molecule has 0 spiro atoms. The van der Waals surface area contributed by atoms with Gasteiger partial charge in [-0.25, -0.2) is 4.79 Å². The Labute approximate surface area is 119 Å². The molecule has 3 nitrogen and oxygen atoms in total. The van der Waals surface area contributed by atoms with Crippen LogP contribution in [0.5, 0.6) is 0 Å². The fourth-order valence-corrected chi connectivity index (χ4v) is 1.99. The summed E-state index contributed by atoms with van der Waals surface area (Å²) >= 11 is 0. The second-order valence-corrected chi connectivity index (χ2v) is 5.14. The first-order valence-electron chi connectivity index (χ1n) is 6.72. The van der Waals surface area contributed by atoms with E-state index in [1.807, 2.05) is 6.07 Å². The number of benzene rings is 2. The summed E-state index contributed by atoms with van der Waals surface area (Å²) in [5.41, 5.74) is 3.61. The predicted molar refractivity (Wildman–Crippen MR) is 81.3 cm³/mol. The lowest BCUT2D eigenvalue weighted by Gasteiger charge is -2.09. The zero-order valence-corrected chi connectivity index (χ0v) is 11.8. The average molecular weight is 269 g/mol. The van der Waals surface area contributed by atoms with E-state index in [0.717, 1.165) is 5.69 Å². The highest BCUT2D eigenvalue weighted by molar-refractivity contribution is 5.88. The van der Waals surface area contributed by atoms with Gasteiger partial charge in [-0.1, -0.05) is 44.2 Å². The van der Waals surface area contributed by atoms with E-state index in [1.165, 1.54) is 11.1 Å². The smallest absolute Gasteiger partial charge is 0.335 e. The van der Waals surface area contributed by atoms with Crippen molar-refractivity contribution >= 4 is 11.7 Å². The van der Waals surface area contributed by atoms with E-state index < -0.39 is 5.97 Å². The van der Waals surface area contributed by atoms with Gasteiger partial charge < -0.3 is 10.4 Å². The van der Waals surface area contributed by atoms with E-state index in [2.05, 4.69) is 43.4 Å². The molecule has 3 heteroatoms. The van der Waals surface area contributed by atoms with E-state index in [-0.39, 0.29) is 0 Å². The van der Waals surface area contributed by atoms with Crippen molar-refractivity contribution in [3.8, 4) is 0 Å². The topological polar surface area (TPSA) is 49.3 Å². The number of hydrogen-bond donors (Lipinski definition) is 2. The minimum Gasteiger partial charge on any atom is -0.478 e. The average Bonchev–Trinajstić information content (AvgIpc) is 2.46. The number of carboxylic acids is 1. The van der Waals surface area contributed by atoms with Crippen LogP contribution in [0.25, 0.3) is 0 Å². The minimum absolute atomic E-state index is 0.296. The first-order chi connectivity index (χ1) is 9.56. The van der Waals surface area contributed by atoms with E-state index in [9.17, 15) is 4.79 Å². The Morgan fingerprint density at radius 3 is 2.45 bits per heavy atom. The van der Waals surface area contributed by atoms with Crippen LogP contribution in [0.15, 0.2) is 48.5 Å². The lowest BCUT2D eigenvalue weighted by Crippen LogP contribution is -2.02. The zero-order valence-electron chi connectivity index (χ0n) is 11.8. The van der Waals surface area contributed by atoms with E-state index in [1.54, 1.807) is 18.2 Å². The molecule has 2 aromatic rings. The number of nitrogens with one attached hydrogen (secondary N) is 1. The molecule has 2 aromatic carbocycles. The van der Waals surface area contributed by atoms with E-state index in [0.29, 0.717) is 18.0 Å². The normalized spacial score (nSPS) is 10.6. The molecule has 0 unspecified atom stereocenters. The number of hydrogen-bond acceptors (Lipinski definition) is 2. The van der Waals surface area contributed by atoms with E-state index in [4.69, 9.17) is 5.11 Å². The fourth-order valence-electron chi connectivity index (χ4n) is 1.99. The second kappa shape index (κ2) is 6.24. The van der Waals surface area contributed by atoms with Gasteiger partial charge in [0.2, 0.25) is 0 Å². The van der Waals surface area contributed by atoms with Gasteiger partial charge in [-0.15, -0.1) is 0 Å². The molecule has 0 bridgehead atoms. The monoisotopic (exact) mass is 269 g/mol. The maximum absolute atomic E-state index is 10.9. The Balaban J connectivity index is 2.01. The predicted octanol–water partition coefficient (Wildman–Crippen LogP) is 4.12. The molecule has 104 valence electrons. The highest BCUT2D eigenvalue weighted by Gasteiger charge is 2.03. The first kappa shape index (κ1) is 14.1. The number of anilines is 1. The SMILES string of the molecule is CC(C)c1ccc(CNc2cccc(C(=O)O)c2)cc1. The van der Waals surface area contributed by atoms with Crippen molar-refractivity contribution in [2.75, 3.05) is 5.32 Å². The van der Waals surface area contributed by atoms with Gasteiger partial charge in [-0.05, 0) is 35.2 Å². The summed E-state index contributed by atoms with van der Waals surface area (Å²) in [4.78, 5) is 10.9. The lowest BCUT2D eigenvalue weighted by atomic mass is 10.0. The molecule has 0 atom stereocenters. The first-order valence-corrected chi connectivity index (χ1v) is 6.72. The highest BCUT2D eigenvalue weighted by Crippen LogP contribution is 2.16. The van der Waals surface area contributed by atoms with Crippen LogP contribution in [0.4, 0.5) is 5.69 Å². The van der Waals surface area contributed by atoms with Gasteiger partial charge in [0.25, 0.3) is 0 Å². The van der Waals surface area contributed by atoms with Gasteiger partial charge in [0.1, 0.15) is 0 Å². The highest BCUT2D eigenvalue weighted by atomic mass is 16.4. The van der Waals surface area contributed by atoms with Gasteiger partial charge in [0, 0.05) is 12.2 Å². The summed E-state index contributed by atoms with van der Waals surface area (Å²) in [7, 11) is 0. The number of rotatable bonds is 5. The van der Waals surface area contributed by atoms with Crippen LogP contribution in [-0.4, -0.2) is 11.1 Å². The number of aromatic carboxylic acids is 1. The third-order valence-corrected chi connectivity index (χ3v) is 3.25. The summed E-state index contributed by atoms with van der Waals surface area (Å²) < 4.78 is 0. The Kier molecular flexibility index (Phi) is 4.41. The minimum atomic E-state index is -0.907. The van der Waals surface area contributed by atoms with Gasteiger partial charge in [0.05, 0.1) is 5.56 Å². The van der Waals surface area contributed by atoms with Crippen LogP contribution in [0, 0.1) is 0 Å². The molecule has 0 saturated carbocycles. The lowest BCUT2D eigenvalue weighted by molar-refractivity contribution is 0.0697. The largest absolute Gasteiger partial charge is 0.478 e. The van der Waals surface area contributed by atoms with Gasteiger partial charge in [-0.2, -0.15) is 0 Å². The van der Waals surface area contributed by atoms with Crippen LogP contribution in [0.3, 0.4) is 0 Å². The molecule has 0 aliphatic heterocycles. The summed E-state index contributed by atoms with van der Waals surface area (Å²) in [5, 5.41) is 12.2. The van der Waals surface area contributed by atoms with Gasteiger partial charge >= 0.3 is 5.97 Å². The van der Waals surface area contributed by atoms with Gasteiger partial charge in [0.15, 0.2) is 0 Å². The zero-order chi connectivity index (χ0) is 14.5. The van der Waals surface area contributed by atoms with Crippen LogP contribution >= 0.6 is 0 Å².